The Labute approximate surface area is 170 Å². The van der Waals surface area contributed by atoms with Gasteiger partial charge < -0.3 is 14.3 Å². The smallest absolute Gasteiger partial charge is 0.335 e. The van der Waals surface area contributed by atoms with E-state index in [0.717, 1.165) is 53.6 Å². The molecule has 2 heterocycles. The van der Waals surface area contributed by atoms with Gasteiger partial charge in [0.05, 0.1) is 12.7 Å². The Morgan fingerprint density at radius 3 is 2.48 bits per heavy atom. The van der Waals surface area contributed by atoms with E-state index in [1.54, 1.807) is 19.2 Å². The van der Waals surface area contributed by atoms with Crippen LogP contribution in [0.15, 0.2) is 59.0 Å². The Kier molecular flexibility index (Phi) is 5.67. The van der Waals surface area contributed by atoms with E-state index in [2.05, 4.69) is 11.0 Å². The lowest BCUT2D eigenvalue weighted by atomic mass is 10.0. The van der Waals surface area contributed by atoms with Crippen LogP contribution < -0.4 is 4.74 Å². The van der Waals surface area contributed by atoms with Crippen LogP contribution in [-0.4, -0.2) is 36.2 Å². The molecule has 0 amide bonds. The van der Waals surface area contributed by atoms with Crippen LogP contribution >= 0.6 is 0 Å². The Bertz CT molecular complexity index is 984. The van der Waals surface area contributed by atoms with E-state index in [0.29, 0.717) is 0 Å². The number of methoxy groups -OCH3 is 1. The lowest BCUT2D eigenvalue weighted by Gasteiger charge is -2.26. The summed E-state index contributed by atoms with van der Waals surface area (Å²) in [7, 11) is 1.65. The number of nitrogens with zero attached hydrogens (tertiary/aromatic N) is 1. The van der Waals surface area contributed by atoms with Crippen LogP contribution in [0.3, 0.4) is 0 Å². The fourth-order valence-corrected chi connectivity index (χ4v) is 3.83. The summed E-state index contributed by atoms with van der Waals surface area (Å²) in [6, 6.07) is 16.8. The fourth-order valence-electron chi connectivity index (χ4n) is 3.83. The number of piperidine rings is 1. The Morgan fingerprint density at radius 1 is 1.03 bits per heavy atom. The highest BCUT2D eigenvalue weighted by Gasteiger charge is 2.19. The second kappa shape index (κ2) is 8.53. The monoisotopic (exact) mass is 391 g/mol. The second-order valence-corrected chi connectivity index (χ2v) is 7.42. The molecule has 0 unspecified atom stereocenters. The van der Waals surface area contributed by atoms with Crippen molar-refractivity contribution in [2.75, 3.05) is 20.2 Å². The van der Waals surface area contributed by atoms with Crippen molar-refractivity contribution in [3.05, 3.63) is 65.7 Å². The van der Waals surface area contributed by atoms with Crippen molar-refractivity contribution in [1.29, 1.82) is 0 Å². The summed E-state index contributed by atoms with van der Waals surface area (Å²) in [6.45, 7) is 3.01. The third kappa shape index (κ3) is 4.35. The molecule has 1 aromatic heterocycles. The first kappa shape index (κ1) is 19.3. The summed E-state index contributed by atoms with van der Waals surface area (Å²) < 4.78 is 11.6. The van der Waals surface area contributed by atoms with Crippen molar-refractivity contribution in [2.24, 2.45) is 0 Å². The molecule has 5 heteroatoms. The number of carbonyl (C=O) groups is 1. The van der Waals surface area contributed by atoms with Gasteiger partial charge in [-0.05, 0) is 56.3 Å². The van der Waals surface area contributed by atoms with E-state index in [9.17, 15) is 9.90 Å². The van der Waals surface area contributed by atoms with Gasteiger partial charge in [0.25, 0.3) is 0 Å². The SMILES string of the molecule is COc1cccc(-c2cc(CN3CCCCC3)c(-c3ccc(C(=O)O)cc3)o2)c1. The van der Waals surface area contributed by atoms with Gasteiger partial charge in [0.2, 0.25) is 0 Å². The van der Waals surface area contributed by atoms with Crippen LogP contribution in [0.4, 0.5) is 0 Å². The minimum absolute atomic E-state index is 0.269. The van der Waals surface area contributed by atoms with Gasteiger partial charge >= 0.3 is 5.97 Å². The average molecular weight is 391 g/mol. The molecular formula is C24H25NO4. The van der Waals surface area contributed by atoms with Crippen LogP contribution in [0.25, 0.3) is 22.6 Å². The van der Waals surface area contributed by atoms with E-state index in [1.807, 2.05) is 36.4 Å². The van der Waals surface area contributed by atoms with Crippen molar-refractivity contribution < 1.29 is 19.1 Å². The number of aromatic carboxylic acids is 1. The molecule has 29 heavy (non-hydrogen) atoms. The summed E-state index contributed by atoms with van der Waals surface area (Å²) in [5.41, 5.74) is 3.23. The first-order valence-corrected chi connectivity index (χ1v) is 9.97. The zero-order valence-corrected chi connectivity index (χ0v) is 16.6. The highest BCUT2D eigenvalue weighted by Crippen LogP contribution is 2.35. The van der Waals surface area contributed by atoms with Crippen LogP contribution in [0.2, 0.25) is 0 Å². The number of likely N-dealkylation sites (tertiary alicyclic amines) is 1. The average Bonchev–Trinajstić information content (AvgIpc) is 3.18. The van der Waals surface area contributed by atoms with Gasteiger partial charge in [-0.25, -0.2) is 4.79 Å². The number of benzene rings is 2. The Morgan fingerprint density at radius 2 is 1.79 bits per heavy atom. The number of hydrogen-bond acceptors (Lipinski definition) is 4. The molecule has 4 rings (SSSR count). The maximum absolute atomic E-state index is 11.2. The number of furan rings is 1. The number of hydrogen-bond donors (Lipinski definition) is 1. The van der Waals surface area contributed by atoms with Gasteiger partial charge in [-0.2, -0.15) is 0 Å². The predicted molar refractivity (Wildman–Crippen MR) is 112 cm³/mol. The van der Waals surface area contributed by atoms with Crippen LogP contribution in [-0.2, 0) is 6.54 Å². The number of rotatable bonds is 6. The summed E-state index contributed by atoms with van der Waals surface area (Å²) in [6.07, 6.45) is 3.74. The molecule has 150 valence electrons. The second-order valence-electron chi connectivity index (χ2n) is 7.42. The standard InChI is InChI=1S/C24H25NO4/c1-28-21-7-5-6-19(14-21)22-15-20(16-25-12-3-2-4-13-25)23(29-22)17-8-10-18(11-9-17)24(26)27/h5-11,14-15H,2-4,12-13,16H2,1H3,(H,26,27). The molecule has 1 fully saturated rings. The van der Waals surface area contributed by atoms with E-state index in [1.165, 1.54) is 19.3 Å². The van der Waals surface area contributed by atoms with Gasteiger partial charge in [0.15, 0.2) is 0 Å². The Hall–Kier alpha value is -3.05. The van der Waals surface area contributed by atoms with Crippen molar-refractivity contribution >= 4 is 5.97 Å². The largest absolute Gasteiger partial charge is 0.497 e. The molecule has 0 saturated carbocycles. The van der Waals surface area contributed by atoms with E-state index in [-0.39, 0.29) is 5.56 Å². The molecule has 2 aromatic carbocycles. The lowest BCUT2D eigenvalue weighted by Crippen LogP contribution is -2.29. The molecule has 1 aliphatic heterocycles. The molecule has 5 nitrogen and oxygen atoms in total. The maximum Gasteiger partial charge on any atom is 0.335 e. The highest BCUT2D eigenvalue weighted by atomic mass is 16.5. The van der Waals surface area contributed by atoms with Crippen molar-refractivity contribution in [1.82, 2.24) is 4.90 Å². The molecule has 0 bridgehead atoms. The van der Waals surface area contributed by atoms with Crippen molar-refractivity contribution in [3.8, 4) is 28.4 Å². The molecule has 1 N–H and O–H groups in total. The summed E-state index contributed by atoms with van der Waals surface area (Å²) in [4.78, 5) is 13.6. The lowest BCUT2D eigenvalue weighted by molar-refractivity contribution is 0.0697. The van der Waals surface area contributed by atoms with Crippen molar-refractivity contribution in [3.63, 3.8) is 0 Å². The van der Waals surface area contributed by atoms with E-state index in [4.69, 9.17) is 9.15 Å². The minimum Gasteiger partial charge on any atom is -0.497 e. The quantitative estimate of drug-likeness (QED) is 0.617. The Balaban J connectivity index is 1.72. The first-order chi connectivity index (χ1) is 14.1. The van der Waals surface area contributed by atoms with E-state index < -0.39 is 5.97 Å². The van der Waals surface area contributed by atoms with Gasteiger partial charge in [-0.15, -0.1) is 0 Å². The zero-order chi connectivity index (χ0) is 20.2. The first-order valence-electron chi connectivity index (χ1n) is 9.97. The van der Waals surface area contributed by atoms with Crippen LogP contribution in [0.1, 0.15) is 35.2 Å². The van der Waals surface area contributed by atoms with Crippen molar-refractivity contribution in [2.45, 2.75) is 25.8 Å². The van der Waals surface area contributed by atoms with Crippen LogP contribution in [0.5, 0.6) is 5.75 Å². The maximum atomic E-state index is 11.2. The fraction of sp³-hybridized carbons (Fsp3) is 0.292. The molecule has 0 radical (unpaired) electrons. The van der Waals surface area contributed by atoms with Gasteiger partial charge in [-0.3, -0.25) is 4.90 Å². The molecular weight excluding hydrogens is 366 g/mol. The number of carboxylic acids is 1. The molecule has 0 atom stereocenters. The molecule has 0 spiro atoms. The molecule has 1 aliphatic rings. The third-order valence-corrected chi connectivity index (χ3v) is 5.40. The van der Waals surface area contributed by atoms with E-state index >= 15 is 0 Å². The minimum atomic E-state index is -0.929. The topological polar surface area (TPSA) is 62.9 Å². The molecule has 1 saturated heterocycles. The summed E-state index contributed by atoms with van der Waals surface area (Å²) in [5, 5.41) is 9.18. The van der Waals surface area contributed by atoms with Gasteiger partial charge in [0.1, 0.15) is 17.3 Å². The normalized spacial score (nSPS) is 14.7. The third-order valence-electron chi connectivity index (χ3n) is 5.40. The number of ether oxygens (including phenoxy) is 1. The zero-order valence-electron chi connectivity index (χ0n) is 16.6. The van der Waals surface area contributed by atoms with Crippen LogP contribution in [0, 0.1) is 0 Å². The number of carboxylic acid groups (broad SMARTS) is 1. The van der Waals surface area contributed by atoms with Gasteiger partial charge in [-0.1, -0.05) is 30.7 Å². The molecule has 3 aromatic rings. The molecule has 0 aliphatic carbocycles. The predicted octanol–water partition coefficient (Wildman–Crippen LogP) is 5.31. The van der Waals surface area contributed by atoms with Gasteiger partial charge in [0, 0.05) is 23.2 Å². The summed E-state index contributed by atoms with van der Waals surface area (Å²) >= 11 is 0. The highest BCUT2D eigenvalue weighted by molar-refractivity contribution is 5.88. The summed E-state index contributed by atoms with van der Waals surface area (Å²) in [5.74, 6) is 1.43.